The fraction of sp³-hybridized carbons (Fsp3) is 1.00. The molecule has 0 heterocycles. The van der Waals surface area contributed by atoms with Crippen LogP contribution in [0.1, 0.15) is 6.42 Å². The van der Waals surface area contributed by atoms with Gasteiger partial charge in [-0.25, -0.2) is 0 Å². The van der Waals surface area contributed by atoms with Gasteiger partial charge in [0.15, 0.2) is 0 Å². The average molecular weight is 170 g/mol. The Balaban J connectivity index is 0. The first kappa shape index (κ1) is 13.4. The van der Waals surface area contributed by atoms with Gasteiger partial charge >= 0.3 is 51.4 Å². The summed E-state index contributed by atoms with van der Waals surface area (Å²) >= 11 is 0. The van der Waals surface area contributed by atoms with Gasteiger partial charge in [-0.3, -0.25) is 0 Å². The molecule has 0 fully saturated rings. The van der Waals surface area contributed by atoms with Crippen LogP contribution in [0.3, 0.4) is 0 Å². The molecule has 0 radical (unpaired) electrons. The first-order valence-corrected chi connectivity index (χ1v) is 6.85. The van der Waals surface area contributed by atoms with E-state index in [1.165, 1.54) is 6.04 Å². The van der Waals surface area contributed by atoms with Crippen molar-refractivity contribution in [3.63, 3.8) is 0 Å². The molecule has 0 saturated carbocycles. The smallest absolute Gasteiger partial charge is 0.854 e. The van der Waals surface area contributed by atoms with E-state index >= 15 is 0 Å². The van der Waals surface area contributed by atoms with E-state index in [0.29, 0.717) is 0 Å². The summed E-state index contributed by atoms with van der Waals surface area (Å²) in [5.74, 6) is 0. The van der Waals surface area contributed by atoms with Gasteiger partial charge in [0.2, 0.25) is 0 Å². The third-order valence-electron chi connectivity index (χ3n) is 1.07. The fourth-order valence-electron chi connectivity index (χ4n) is 0.602. The van der Waals surface area contributed by atoms with Crippen molar-refractivity contribution in [1.82, 2.24) is 0 Å². The maximum atomic E-state index is 10.00. The van der Waals surface area contributed by atoms with Crippen molar-refractivity contribution in [1.29, 1.82) is 0 Å². The second-order valence-corrected chi connectivity index (χ2v) is 8.99. The van der Waals surface area contributed by atoms with Gasteiger partial charge in [-0.05, 0) is 0 Å². The minimum Gasteiger partial charge on any atom is -0.854 e. The van der Waals surface area contributed by atoms with Crippen molar-refractivity contribution in [3.8, 4) is 0 Å². The summed E-state index contributed by atoms with van der Waals surface area (Å²) in [5.41, 5.74) is 0. The predicted molar refractivity (Wildman–Crippen MR) is 37.6 cm³/mol. The molecule has 0 saturated heterocycles. The van der Waals surface area contributed by atoms with E-state index in [9.17, 15) is 5.11 Å². The number of rotatable bonds is 3. The Morgan fingerprint density at radius 3 is 1.78 bits per heavy atom. The molecule has 0 aromatic heterocycles. The molecule has 0 atom stereocenters. The minimum atomic E-state index is -0.878. The van der Waals surface area contributed by atoms with E-state index in [4.69, 9.17) is 0 Å². The molecule has 0 N–H and O–H groups in total. The normalized spacial score (nSPS) is 10.7. The molecule has 0 rings (SSSR count). The van der Waals surface area contributed by atoms with Crippen molar-refractivity contribution in [2.45, 2.75) is 32.1 Å². The maximum Gasteiger partial charge on any atom is 1.00 e. The molecule has 0 aliphatic rings. The molecule has 0 aliphatic heterocycles. The molecule has 1 nitrogen and oxygen atoms in total. The molecule has 0 spiro atoms. The first-order valence-electron chi connectivity index (χ1n) is 3.14. The Bertz CT molecular complexity index is 60.6. The molecule has 0 bridgehead atoms. The monoisotopic (exact) mass is 170 g/mol. The Hall–Kier alpha value is 1.81. The molecule has 0 unspecified atom stereocenters. The predicted octanol–water partition coefficient (Wildman–Crippen LogP) is -1.92. The van der Waals surface area contributed by atoms with Crippen LogP contribution in [-0.2, 0) is 0 Å². The zero-order valence-electron chi connectivity index (χ0n) is 7.03. The van der Waals surface area contributed by atoms with Crippen molar-refractivity contribution in [3.05, 3.63) is 0 Å². The van der Waals surface area contributed by atoms with E-state index in [-0.39, 0.29) is 58.0 Å². The summed E-state index contributed by atoms with van der Waals surface area (Å²) in [6, 6.07) is 1.19. The molecular weight excluding hydrogens is 155 g/mol. The third-order valence-corrected chi connectivity index (χ3v) is 2.92. The topological polar surface area (TPSA) is 23.1 Å². The molecule has 0 aromatic rings. The third kappa shape index (κ3) is 12.9. The van der Waals surface area contributed by atoms with Crippen LogP contribution in [0.2, 0.25) is 25.7 Å². The molecular formula is C6H15KOSi. The molecule has 3 heteroatoms. The van der Waals surface area contributed by atoms with Gasteiger partial charge in [0, 0.05) is 8.07 Å². The maximum absolute atomic E-state index is 10.00. The van der Waals surface area contributed by atoms with Crippen molar-refractivity contribution >= 4 is 8.07 Å². The molecule has 50 valence electrons. The van der Waals surface area contributed by atoms with Gasteiger partial charge in [0.1, 0.15) is 0 Å². The Kier molecular flexibility index (Phi) is 9.71. The second-order valence-electron chi connectivity index (χ2n) is 3.37. The summed E-state index contributed by atoms with van der Waals surface area (Å²) in [5, 5.41) is 10.00. The van der Waals surface area contributed by atoms with Crippen LogP contribution in [0.5, 0.6) is 0 Å². The quantitative estimate of drug-likeness (QED) is 0.453. The number of hydrogen-bond acceptors (Lipinski definition) is 1. The van der Waals surface area contributed by atoms with Gasteiger partial charge in [0.25, 0.3) is 0 Å². The van der Waals surface area contributed by atoms with Gasteiger partial charge in [-0.2, -0.15) is 0 Å². The molecule has 0 aromatic carbocycles. The average Bonchev–Trinajstić information content (AvgIpc) is 1.59. The van der Waals surface area contributed by atoms with Gasteiger partial charge in [-0.15, -0.1) is 6.61 Å². The van der Waals surface area contributed by atoms with E-state index < -0.39 is 8.07 Å². The van der Waals surface area contributed by atoms with Gasteiger partial charge in [0.05, 0.1) is 0 Å². The van der Waals surface area contributed by atoms with Crippen molar-refractivity contribution < 1.29 is 56.5 Å². The first-order chi connectivity index (χ1) is 3.56. The zero-order chi connectivity index (χ0) is 6.62. The van der Waals surface area contributed by atoms with Crippen LogP contribution in [-0.4, -0.2) is 14.7 Å². The standard InChI is InChI=1S/C6H15OSi.K/c1-8(2,3)6-4-5-7;/h4-6H2,1-3H3;/q-1;+1. The molecule has 0 amide bonds. The molecule has 9 heavy (non-hydrogen) atoms. The van der Waals surface area contributed by atoms with Crippen molar-refractivity contribution in [2.75, 3.05) is 6.61 Å². The Morgan fingerprint density at radius 2 is 1.67 bits per heavy atom. The second kappa shape index (κ2) is 6.52. The summed E-state index contributed by atoms with van der Waals surface area (Å²) in [6.45, 7) is 7.00. The van der Waals surface area contributed by atoms with Crippen LogP contribution >= 0.6 is 0 Å². The SMILES string of the molecule is C[Si](C)(C)CCC[O-].[K+]. The largest absolute Gasteiger partial charge is 1.00 e. The van der Waals surface area contributed by atoms with Crippen LogP contribution in [0.15, 0.2) is 0 Å². The van der Waals surface area contributed by atoms with E-state index in [2.05, 4.69) is 19.6 Å². The van der Waals surface area contributed by atoms with Gasteiger partial charge in [-0.1, -0.05) is 32.1 Å². The van der Waals surface area contributed by atoms with Crippen LogP contribution in [0.4, 0.5) is 0 Å². The molecule has 0 aliphatic carbocycles. The van der Waals surface area contributed by atoms with Crippen molar-refractivity contribution in [2.24, 2.45) is 0 Å². The summed E-state index contributed by atoms with van der Waals surface area (Å²) in [6.07, 6.45) is 0.885. The van der Waals surface area contributed by atoms with E-state index in [1.54, 1.807) is 0 Å². The summed E-state index contributed by atoms with van der Waals surface area (Å²) in [7, 11) is -0.878. The van der Waals surface area contributed by atoms with Gasteiger partial charge < -0.3 is 5.11 Å². The summed E-state index contributed by atoms with van der Waals surface area (Å²) in [4.78, 5) is 0. The Labute approximate surface area is 102 Å². The minimum absolute atomic E-state index is 0. The fourth-order valence-corrected chi connectivity index (χ4v) is 1.81. The Morgan fingerprint density at radius 1 is 1.22 bits per heavy atom. The van der Waals surface area contributed by atoms with E-state index in [0.717, 1.165) is 6.42 Å². The van der Waals surface area contributed by atoms with E-state index in [1.807, 2.05) is 0 Å². The van der Waals surface area contributed by atoms with Crippen LogP contribution in [0, 0.1) is 0 Å². The number of hydrogen-bond donors (Lipinski definition) is 0. The summed E-state index contributed by atoms with van der Waals surface area (Å²) < 4.78 is 0. The van der Waals surface area contributed by atoms with Crippen LogP contribution in [0.25, 0.3) is 0 Å². The van der Waals surface area contributed by atoms with Crippen LogP contribution < -0.4 is 56.5 Å². The zero-order valence-corrected chi connectivity index (χ0v) is 11.2.